The van der Waals surface area contributed by atoms with Crippen molar-refractivity contribution in [2.45, 2.75) is 32.6 Å². The summed E-state index contributed by atoms with van der Waals surface area (Å²) >= 11 is 0. The van der Waals surface area contributed by atoms with E-state index in [4.69, 9.17) is 14.7 Å². The van der Waals surface area contributed by atoms with Crippen molar-refractivity contribution < 1.29 is 4.74 Å². The third-order valence-corrected chi connectivity index (χ3v) is 4.22. The Morgan fingerprint density at radius 2 is 2.14 bits per heavy atom. The van der Waals surface area contributed by atoms with E-state index in [-0.39, 0.29) is 0 Å². The third-order valence-electron chi connectivity index (χ3n) is 4.22. The van der Waals surface area contributed by atoms with Crippen LogP contribution in [0.1, 0.15) is 30.2 Å². The highest BCUT2D eigenvalue weighted by molar-refractivity contribution is 5.63. The van der Waals surface area contributed by atoms with Crippen molar-refractivity contribution in [3.63, 3.8) is 0 Å². The number of benzene rings is 1. The molecule has 1 aromatic carbocycles. The molecule has 1 aliphatic carbocycles. The van der Waals surface area contributed by atoms with Gasteiger partial charge in [0.15, 0.2) is 5.82 Å². The number of hydrogen-bond donors (Lipinski definition) is 1. The molecule has 4 heteroatoms. The van der Waals surface area contributed by atoms with Crippen LogP contribution in [0.25, 0.3) is 11.4 Å². The van der Waals surface area contributed by atoms with Gasteiger partial charge in [0.1, 0.15) is 11.6 Å². The van der Waals surface area contributed by atoms with E-state index in [1.165, 1.54) is 23.2 Å². The standard InChI is InChI=1S/C17H19N3O/c1-2-18-17-13-4-3-5-14(13)19-16(20-17)12-6-7-15-11(10-12)8-9-21-15/h6-7,10H,2-5,8-9H2,1H3,(H,18,19,20). The predicted molar refractivity (Wildman–Crippen MR) is 82.9 cm³/mol. The lowest BCUT2D eigenvalue weighted by Gasteiger charge is -2.11. The number of anilines is 1. The molecule has 1 N–H and O–H groups in total. The van der Waals surface area contributed by atoms with Crippen LogP contribution in [-0.4, -0.2) is 23.1 Å². The molecule has 0 fully saturated rings. The summed E-state index contributed by atoms with van der Waals surface area (Å²) in [6, 6.07) is 6.28. The molecule has 2 aromatic rings. The van der Waals surface area contributed by atoms with Gasteiger partial charge in [0.2, 0.25) is 0 Å². The van der Waals surface area contributed by atoms with Gasteiger partial charge in [-0.05, 0) is 49.9 Å². The molecule has 108 valence electrons. The summed E-state index contributed by atoms with van der Waals surface area (Å²) in [5.74, 6) is 2.86. The van der Waals surface area contributed by atoms with Crippen LogP contribution in [0.5, 0.6) is 5.75 Å². The van der Waals surface area contributed by atoms with Crippen molar-refractivity contribution in [2.24, 2.45) is 0 Å². The van der Waals surface area contributed by atoms with Gasteiger partial charge in [0.25, 0.3) is 0 Å². The third kappa shape index (κ3) is 2.15. The number of ether oxygens (including phenoxy) is 1. The fraction of sp³-hybridized carbons (Fsp3) is 0.412. The first-order chi connectivity index (χ1) is 10.3. The Hall–Kier alpha value is -2.10. The van der Waals surface area contributed by atoms with Crippen molar-refractivity contribution in [3.05, 3.63) is 35.0 Å². The number of hydrogen-bond acceptors (Lipinski definition) is 4. The smallest absolute Gasteiger partial charge is 0.161 e. The highest BCUT2D eigenvalue weighted by Crippen LogP contribution is 2.32. The van der Waals surface area contributed by atoms with E-state index in [0.717, 1.165) is 55.4 Å². The van der Waals surface area contributed by atoms with Gasteiger partial charge in [-0.2, -0.15) is 0 Å². The first-order valence-electron chi connectivity index (χ1n) is 7.75. The molecule has 1 aromatic heterocycles. The van der Waals surface area contributed by atoms with Crippen molar-refractivity contribution >= 4 is 5.82 Å². The van der Waals surface area contributed by atoms with Crippen LogP contribution in [0, 0.1) is 0 Å². The number of aryl methyl sites for hydroxylation is 1. The highest BCUT2D eigenvalue weighted by atomic mass is 16.5. The predicted octanol–water partition coefficient (Wildman–Crippen LogP) is 3.00. The molecule has 21 heavy (non-hydrogen) atoms. The van der Waals surface area contributed by atoms with Gasteiger partial charge in [0.05, 0.1) is 6.61 Å². The maximum atomic E-state index is 5.57. The van der Waals surface area contributed by atoms with E-state index in [1.807, 2.05) is 6.07 Å². The Labute approximate surface area is 124 Å². The molecule has 4 rings (SSSR count). The Kier molecular flexibility index (Phi) is 3.02. The number of aromatic nitrogens is 2. The van der Waals surface area contributed by atoms with E-state index >= 15 is 0 Å². The molecule has 2 heterocycles. The van der Waals surface area contributed by atoms with Crippen LogP contribution < -0.4 is 10.1 Å². The van der Waals surface area contributed by atoms with E-state index in [9.17, 15) is 0 Å². The molecule has 0 atom stereocenters. The largest absolute Gasteiger partial charge is 0.493 e. The zero-order valence-corrected chi connectivity index (χ0v) is 12.3. The quantitative estimate of drug-likeness (QED) is 0.939. The van der Waals surface area contributed by atoms with Gasteiger partial charge in [-0.25, -0.2) is 9.97 Å². The molecule has 0 bridgehead atoms. The summed E-state index contributed by atoms with van der Waals surface area (Å²) in [4.78, 5) is 9.57. The lowest BCUT2D eigenvalue weighted by atomic mass is 10.1. The van der Waals surface area contributed by atoms with Crippen molar-refractivity contribution in [3.8, 4) is 17.1 Å². The SMILES string of the molecule is CCNc1nc(-c2ccc3c(c2)CCO3)nc2c1CCC2. The number of fused-ring (bicyclic) bond motifs is 2. The number of nitrogens with one attached hydrogen (secondary N) is 1. The second-order valence-corrected chi connectivity index (χ2v) is 5.63. The minimum Gasteiger partial charge on any atom is -0.493 e. The first kappa shape index (κ1) is 12.6. The summed E-state index contributed by atoms with van der Waals surface area (Å²) in [5, 5.41) is 3.39. The fourth-order valence-electron chi connectivity index (χ4n) is 3.20. The average Bonchev–Trinajstić information content (AvgIpc) is 3.15. The van der Waals surface area contributed by atoms with E-state index in [1.54, 1.807) is 0 Å². The van der Waals surface area contributed by atoms with Gasteiger partial charge in [0, 0.05) is 29.8 Å². The minimum atomic E-state index is 0.784. The molecular weight excluding hydrogens is 262 g/mol. The van der Waals surface area contributed by atoms with Gasteiger partial charge in [-0.3, -0.25) is 0 Å². The average molecular weight is 281 g/mol. The van der Waals surface area contributed by atoms with Crippen LogP contribution in [0.4, 0.5) is 5.82 Å². The zero-order valence-electron chi connectivity index (χ0n) is 12.3. The Balaban J connectivity index is 1.79. The zero-order chi connectivity index (χ0) is 14.2. The lowest BCUT2D eigenvalue weighted by molar-refractivity contribution is 0.357. The molecule has 0 unspecified atom stereocenters. The number of nitrogens with zero attached hydrogens (tertiary/aromatic N) is 2. The number of rotatable bonds is 3. The van der Waals surface area contributed by atoms with Crippen molar-refractivity contribution in [1.29, 1.82) is 0 Å². The van der Waals surface area contributed by atoms with E-state index in [0.29, 0.717) is 0 Å². The van der Waals surface area contributed by atoms with Crippen LogP contribution in [0.2, 0.25) is 0 Å². The maximum Gasteiger partial charge on any atom is 0.161 e. The summed E-state index contributed by atoms with van der Waals surface area (Å²) in [6.07, 6.45) is 4.32. The molecule has 0 radical (unpaired) electrons. The molecule has 0 spiro atoms. The highest BCUT2D eigenvalue weighted by Gasteiger charge is 2.20. The Morgan fingerprint density at radius 3 is 3.05 bits per heavy atom. The summed E-state index contributed by atoms with van der Waals surface area (Å²) in [5.41, 5.74) is 4.88. The van der Waals surface area contributed by atoms with E-state index in [2.05, 4.69) is 24.4 Å². The maximum absolute atomic E-state index is 5.57. The van der Waals surface area contributed by atoms with E-state index < -0.39 is 0 Å². The Morgan fingerprint density at radius 1 is 1.19 bits per heavy atom. The lowest BCUT2D eigenvalue weighted by Crippen LogP contribution is -2.06. The normalized spacial score (nSPS) is 15.5. The molecule has 2 aliphatic rings. The molecule has 0 saturated heterocycles. The second kappa shape index (κ2) is 5.02. The van der Waals surface area contributed by atoms with Crippen LogP contribution in [0.15, 0.2) is 18.2 Å². The Bertz CT molecular complexity index is 697. The molecule has 4 nitrogen and oxygen atoms in total. The minimum absolute atomic E-state index is 0.784. The van der Waals surface area contributed by atoms with Crippen LogP contribution in [0.3, 0.4) is 0 Å². The second-order valence-electron chi connectivity index (χ2n) is 5.63. The molecule has 0 saturated carbocycles. The van der Waals surface area contributed by atoms with Gasteiger partial charge >= 0.3 is 0 Å². The topological polar surface area (TPSA) is 47.0 Å². The molecule has 0 amide bonds. The van der Waals surface area contributed by atoms with Gasteiger partial charge in [-0.1, -0.05) is 0 Å². The van der Waals surface area contributed by atoms with Crippen molar-refractivity contribution in [2.75, 3.05) is 18.5 Å². The van der Waals surface area contributed by atoms with Crippen LogP contribution in [-0.2, 0) is 19.3 Å². The molecular formula is C17H19N3O. The first-order valence-corrected chi connectivity index (χ1v) is 7.75. The van der Waals surface area contributed by atoms with Crippen molar-refractivity contribution in [1.82, 2.24) is 9.97 Å². The fourth-order valence-corrected chi connectivity index (χ4v) is 3.20. The van der Waals surface area contributed by atoms with Crippen LogP contribution >= 0.6 is 0 Å². The summed E-state index contributed by atoms with van der Waals surface area (Å²) in [6.45, 7) is 3.78. The monoisotopic (exact) mass is 281 g/mol. The summed E-state index contributed by atoms with van der Waals surface area (Å²) < 4.78 is 5.57. The van der Waals surface area contributed by atoms with Gasteiger partial charge < -0.3 is 10.1 Å². The molecule has 1 aliphatic heterocycles. The summed E-state index contributed by atoms with van der Waals surface area (Å²) in [7, 11) is 0. The van der Waals surface area contributed by atoms with Gasteiger partial charge in [-0.15, -0.1) is 0 Å².